The van der Waals surface area contributed by atoms with Crippen LogP contribution in [0.1, 0.15) is 24.5 Å². The number of fused-ring (bicyclic) bond motifs is 1. The lowest BCUT2D eigenvalue weighted by atomic mass is 9.95. The smallest absolute Gasteiger partial charge is 0.193 e. The Morgan fingerprint density at radius 2 is 1.89 bits per heavy atom. The van der Waals surface area contributed by atoms with Crippen molar-refractivity contribution in [1.82, 2.24) is 5.32 Å². The first-order valence-electron chi connectivity index (χ1n) is 6.28. The summed E-state index contributed by atoms with van der Waals surface area (Å²) in [6, 6.07) is 4.77. The van der Waals surface area contributed by atoms with Crippen molar-refractivity contribution in [3.8, 4) is 0 Å². The van der Waals surface area contributed by atoms with Gasteiger partial charge in [-0.3, -0.25) is 4.79 Å². The van der Waals surface area contributed by atoms with Gasteiger partial charge in [-0.25, -0.2) is 0 Å². The third-order valence-corrected chi connectivity index (χ3v) is 4.01. The van der Waals surface area contributed by atoms with Crippen molar-refractivity contribution in [2.45, 2.75) is 18.8 Å². The van der Waals surface area contributed by atoms with Crippen LogP contribution >= 0.6 is 23.2 Å². The van der Waals surface area contributed by atoms with Gasteiger partial charge in [-0.05, 0) is 38.1 Å². The summed E-state index contributed by atoms with van der Waals surface area (Å²) in [6.07, 6.45) is 1.94. The molecular formula is C14H13Cl2NO2. The van der Waals surface area contributed by atoms with E-state index in [9.17, 15) is 4.79 Å². The van der Waals surface area contributed by atoms with E-state index in [4.69, 9.17) is 27.6 Å². The first-order chi connectivity index (χ1) is 9.15. The molecule has 1 fully saturated rings. The first kappa shape index (κ1) is 13.0. The Morgan fingerprint density at radius 3 is 2.63 bits per heavy atom. The third-order valence-electron chi connectivity index (χ3n) is 3.51. The van der Waals surface area contributed by atoms with Gasteiger partial charge in [0.2, 0.25) is 0 Å². The molecule has 0 unspecified atom stereocenters. The topological polar surface area (TPSA) is 42.2 Å². The minimum absolute atomic E-state index is 0.0841. The van der Waals surface area contributed by atoms with E-state index in [0.29, 0.717) is 21.0 Å². The molecule has 1 saturated heterocycles. The summed E-state index contributed by atoms with van der Waals surface area (Å²) in [6.45, 7) is 1.89. The molecule has 0 atom stereocenters. The zero-order valence-electron chi connectivity index (χ0n) is 10.2. The first-order valence-corrected chi connectivity index (χ1v) is 7.04. The Labute approximate surface area is 120 Å². The van der Waals surface area contributed by atoms with Crippen LogP contribution in [-0.4, -0.2) is 13.1 Å². The van der Waals surface area contributed by atoms with Gasteiger partial charge in [-0.1, -0.05) is 23.2 Å². The Bertz CT molecular complexity index is 675. The molecule has 5 heteroatoms. The lowest BCUT2D eigenvalue weighted by molar-refractivity contribution is 0.392. The molecule has 1 aromatic carbocycles. The highest BCUT2D eigenvalue weighted by atomic mass is 35.5. The minimum atomic E-state index is -0.0841. The molecule has 0 spiro atoms. The number of hydrogen-bond acceptors (Lipinski definition) is 3. The third kappa shape index (κ3) is 2.50. The predicted molar refractivity (Wildman–Crippen MR) is 77.3 cm³/mol. The molecule has 0 radical (unpaired) electrons. The molecule has 1 aliphatic rings. The molecule has 3 rings (SSSR count). The quantitative estimate of drug-likeness (QED) is 0.875. The summed E-state index contributed by atoms with van der Waals surface area (Å²) in [5, 5.41) is 4.56. The number of nitrogens with one attached hydrogen (secondary N) is 1. The Hall–Kier alpha value is -1.03. The van der Waals surface area contributed by atoms with Crippen molar-refractivity contribution in [2.24, 2.45) is 0 Å². The summed E-state index contributed by atoms with van der Waals surface area (Å²) in [4.78, 5) is 12.2. The summed E-state index contributed by atoms with van der Waals surface area (Å²) in [5.41, 5.74) is 0.353. The van der Waals surface area contributed by atoms with Crippen LogP contribution < -0.4 is 10.7 Å². The zero-order chi connectivity index (χ0) is 13.4. The van der Waals surface area contributed by atoms with E-state index >= 15 is 0 Å². The van der Waals surface area contributed by atoms with E-state index in [1.165, 1.54) is 0 Å². The molecule has 19 heavy (non-hydrogen) atoms. The molecule has 1 N–H and O–H groups in total. The van der Waals surface area contributed by atoms with Crippen molar-refractivity contribution >= 4 is 34.2 Å². The SMILES string of the molecule is O=c1cc(C2CCNCC2)oc2c(Cl)cc(Cl)cc12. The van der Waals surface area contributed by atoms with Gasteiger partial charge >= 0.3 is 0 Å². The van der Waals surface area contributed by atoms with E-state index < -0.39 is 0 Å². The zero-order valence-corrected chi connectivity index (χ0v) is 11.7. The fourth-order valence-electron chi connectivity index (χ4n) is 2.51. The van der Waals surface area contributed by atoms with Gasteiger partial charge in [0.05, 0.1) is 10.4 Å². The van der Waals surface area contributed by atoms with Crippen molar-refractivity contribution in [3.63, 3.8) is 0 Å². The second-order valence-electron chi connectivity index (χ2n) is 4.80. The highest BCUT2D eigenvalue weighted by Gasteiger charge is 2.19. The number of rotatable bonds is 1. The minimum Gasteiger partial charge on any atom is -0.459 e. The van der Waals surface area contributed by atoms with E-state index in [1.807, 2.05) is 0 Å². The normalized spacial score (nSPS) is 16.9. The van der Waals surface area contributed by atoms with Crippen molar-refractivity contribution in [2.75, 3.05) is 13.1 Å². The van der Waals surface area contributed by atoms with Crippen molar-refractivity contribution < 1.29 is 4.42 Å². The summed E-state index contributed by atoms with van der Waals surface area (Å²) in [5.74, 6) is 1.01. The summed E-state index contributed by atoms with van der Waals surface area (Å²) >= 11 is 12.0. The van der Waals surface area contributed by atoms with Crippen LogP contribution in [0, 0.1) is 0 Å². The lowest BCUT2D eigenvalue weighted by Crippen LogP contribution is -2.27. The van der Waals surface area contributed by atoms with E-state index in [0.717, 1.165) is 31.7 Å². The second kappa shape index (κ2) is 5.16. The molecule has 3 nitrogen and oxygen atoms in total. The molecule has 0 amide bonds. The van der Waals surface area contributed by atoms with Crippen molar-refractivity contribution in [3.05, 3.63) is 44.2 Å². The van der Waals surface area contributed by atoms with Crippen LogP contribution in [0.3, 0.4) is 0 Å². The maximum Gasteiger partial charge on any atom is 0.193 e. The van der Waals surface area contributed by atoms with E-state index in [-0.39, 0.29) is 11.3 Å². The van der Waals surface area contributed by atoms with Crippen LogP contribution in [0.4, 0.5) is 0 Å². The van der Waals surface area contributed by atoms with Gasteiger partial charge in [0.1, 0.15) is 5.76 Å². The molecule has 2 heterocycles. The highest BCUT2D eigenvalue weighted by Crippen LogP contribution is 2.31. The number of benzene rings is 1. The van der Waals surface area contributed by atoms with Gasteiger partial charge in [0.25, 0.3) is 0 Å². The van der Waals surface area contributed by atoms with Gasteiger partial charge < -0.3 is 9.73 Å². The van der Waals surface area contributed by atoms with Gasteiger partial charge in [-0.2, -0.15) is 0 Å². The molecule has 1 aliphatic heterocycles. The highest BCUT2D eigenvalue weighted by molar-refractivity contribution is 6.38. The van der Waals surface area contributed by atoms with Gasteiger partial charge in [0, 0.05) is 17.0 Å². The standard InChI is InChI=1S/C14H13Cl2NO2/c15-9-5-10-12(18)7-13(8-1-3-17-4-2-8)19-14(10)11(16)6-9/h5-8,17H,1-4H2. The van der Waals surface area contributed by atoms with Crippen LogP contribution in [0.2, 0.25) is 10.0 Å². The fourth-order valence-corrected chi connectivity index (χ4v) is 3.04. The van der Waals surface area contributed by atoms with Crippen LogP contribution in [-0.2, 0) is 0 Å². The summed E-state index contributed by atoms with van der Waals surface area (Å²) in [7, 11) is 0. The molecule has 0 saturated carbocycles. The molecule has 0 aliphatic carbocycles. The fraction of sp³-hybridized carbons (Fsp3) is 0.357. The van der Waals surface area contributed by atoms with Crippen LogP contribution in [0.25, 0.3) is 11.0 Å². The molecule has 2 aromatic rings. The molecular weight excluding hydrogens is 285 g/mol. The molecule has 0 bridgehead atoms. The van der Waals surface area contributed by atoms with E-state index in [1.54, 1.807) is 18.2 Å². The number of halogens is 2. The van der Waals surface area contributed by atoms with Crippen LogP contribution in [0.15, 0.2) is 27.4 Å². The summed E-state index contributed by atoms with van der Waals surface area (Å²) < 4.78 is 5.85. The van der Waals surface area contributed by atoms with Gasteiger partial charge in [-0.15, -0.1) is 0 Å². The molecule has 1 aromatic heterocycles. The second-order valence-corrected chi connectivity index (χ2v) is 5.65. The lowest BCUT2D eigenvalue weighted by Gasteiger charge is -2.21. The van der Waals surface area contributed by atoms with Gasteiger partial charge in [0.15, 0.2) is 11.0 Å². The Morgan fingerprint density at radius 1 is 1.16 bits per heavy atom. The maximum absolute atomic E-state index is 12.2. The average Bonchev–Trinajstić information content (AvgIpc) is 2.41. The number of piperidine rings is 1. The number of hydrogen-bond donors (Lipinski definition) is 1. The monoisotopic (exact) mass is 297 g/mol. The largest absolute Gasteiger partial charge is 0.459 e. The van der Waals surface area contributed by atoms with Crippen molar-refractivity contribution in [1.29, 1.82) is 0 Å². The van der Waals surface area contributed by atoms with Crippen LogP contribution in [0.5, 0.6) is 0 Å². The Balaban J connectivity index is 2.15. The van der Waals surface area contributed by atoms with E-state index in [2.05, 4.69) is 5.32 Å². The Kier molecular flexibility index (Phi) is 3.52. The molecule has 100 valence electrons. The maximum atomic E-state index is 12.2. The average molecular weight is 298 g/mol. The predicted octanol–water partition coefficient (Wildman–Crippen LogP) is 3.57.